The summed E-state index contributed by atoms with van der Waals surface area (Å²) in [7, 11) is 0. The fourth-order valence-corrected chi connectivity index (χ4v) is 1.89. The molecule has 1 aliphatic rings. The van der Waals surface area contributed by atoms with Crippen molar-refractivity contribution in [2.24, 2.45) is 5.10 Å². The SMILES string of the molecule is Clc1ccc(/C=N\NC2=[NH+]CCCCC2)cc1. The highest BCUT2D eigenvalue weighted by Gasteiger charge is 2.07. The predicted molar refractivity (Wildman–Crippen MR) is 71.5 cm³/mol. The number of hydrogen-bond acceptors (Lipinski definition) is 2. The smallest absolute Gasteiger partial charge is 0.267 e. The number of benzene rings is 1. The second-order valence-corrected chi connectivity index (χ2v) is 4.57. The van der Waals surface area contributed by atoms with E-state index in [1.807, 2.05) is 24.3 Å². The van der Waals surface area contributed by atoms with Crippen LogP contribution in [0.1, 0.15) is 31.2 Å². The third-order valence-electron chi connectivity index (χ3n) is 2.73. The third-order valence-corrected chi connectivity index (χ3v) is 2.98. The molecule has 1 aromatic rings. The average molecular weight is 251 g/mol. The van der Waals surface area contributed by atoms with Gasteiger partial charge in [-0.2, -0.15) is 5.43 Å². The molecule has 1 aromatic carbocycles. The molecule has 0 aromatic heterocycles. The van der Waals surface area contributed by atoms with Gasteiger partial charge in [-0.3, -0.25) is 4.99 Å². The van der Waals surface area contributed by atoms with E-state index in [0.29, 0.717) is 0 Å². The van der Waals surface area contributed by atoms with Gasteiger partial charge in [-0.15, -0.1) is 0 Å². The van der Waals surface area contributed by atoms with Gasteiger partial charge in [-0.25, -0.2) is 0 Å². The van der Waals surface area contributed by atoms with Crippen LogP contribution >= 0.6 is 11.6 Å². The molecular weight excluding hydrogens is 234 g/mol. The lowest BCUT2D eigenvalue weighted by molar-refractivity contribution is -0.459. The number of hydrogen-bond donors (Lipinski definition) is 2. The Labute approximate surface area is 107 Å². The number of halogens is 1. The number of rotatable bonds is 2. The van der Waals surface area contributed by atoms with Gasteiger partial charge in [0.15, 0.2) is 0 Å². The van der Waals surface area contributed by atoms with Crippen molar-refractivity contribution >= 4 is 23.7 Å². The van der Waals surface area contributed by atoms with Crippen LogP contribution in [0.2, 0.25) is 5.02 Å². The Morgan fingerprint density at radius 3 is 2.82 bits per heavy atom. The topological polar surface area (TPSA) is 38.4 Å². The monoisotopic (exact) mass is 250 g/mol. The summed E-state index contributed by atoms with van der Waals surface area (Å²) >= 11 is 5.81. The van der Waals surface area contributed by atoms with Crippen LogP contribution in [0.5, 0.6) is 0 Å². The Morgan fingerprint density at radius 1 is 1.18 bits per heavy atom. The minimum Gasteiger partial charge on any atom is -0.277 e. The average Bonchev–Trinajstić information content (AvgIpc) is 2.60. The van der Waals surface area contributed by atoms with Crippen molar-refractivity contribution in [2.45, 2.75) is 25.7 Å². The molecular formula is C13H17ClN3+. The van der Waals surface area contributed by atoms with Crippen molar-refractivity contribution in [1.82, 2.24) is 5.43 Å². The summed E-state index contributed by atoms with van der Waals surface area (Å²) in [4.78, 5) is 3.35. The Balaban J connectivity index is 1.88. The fourth-order valence-electron chi connectivity index (χ4n) is 1.76. The van der Waals surface area contributed by atoms with E-state index in [1.165, 1.54) is 19.3 Å². The van der Waals surface area contributed by atoms with E-state index in [0.717, 1.165) is 29.4 Å². The number of amidine groups is 1. The van der Waals surface area contributed by atoms with Gasteiger partial charge >= 0.3 is 0 Å². The van der Waals surface area contributed by atoms with Crippen LogP contribution in [-0.4, -0.2) is 18.6 Å². The summed E-state index contributed by atoms with van der Waals surface area (Å²) in [5.74, 6) is 1.12. The molecule has 17 heavy (non-hydrogen) atoms. The summed E-state index contributed by atoms with van der Waals surface area (Å²) in [6.45, 7) is 1.04. The Hall–Kier alpha value is -1.35. The molecule has 4 heteroatoms. The second kappa shape index (κ2) is 6.40. The van der Waals surface area contributed by atoms with Gasteiger partial charge in [-0.05, 0) is 37.0 Å². The van der Waals surface area contributed by atoms with Gasteiger partial charge in [0.1, 0.15) is 0 Å². The molecule has 0 amide bonds. The first-order valence-corrected chi connectivity index (χ1v) is 6.37. The first-order chi connectivity index (χ1) is 8.34. The first-order valence-electron chi connectivity index (χ1n) is 5.99. The minimum absolute atomic E-state index is 0.745. The Morgan fingerprint density at radius 2 is 2.00 bits per heavy atom. The molecule has 0 radical (unpaired) electrons. The molecule has 0 bridgehead atoms. The molecule has 0 saturated heterocycles. The molecule has 0 fully saturated rings. The van der Waals surface area contributed by atoms with Crippen molar-refractivity contribution in [3.63, 3.8) is 0 Å². The van der Waals surface area contributed by atoms with E-state index < -0.39 is 0 Å². The number of hydrazone groups is 1. The molecule has 0 aliphatic carbocycles. The molecule has 2 rings (SSSR count). The summed E-state index contributed by atoms with van der Waals surface area (Å²) in [6, 6.07) is 7.61. The zero-order valence-electron chi connectivity index (χ0n) is 9.75. The highest BCUT2D eigenvalue weighted by molar-refractivity contribution is 6.30. The molecule has 0 saturated carbocycles. The summed E-state index contributed by atoms with van der Waals surface area (Å²) in [5, 5.41) is 4.96. The molecule has 2 N–H and O–H groups in total. The van der Waals surface area contributed by atoms with Crippen LogP contribution in [0.3, 0.4) is 0 Å². The molecule has 1 aliphatic heterocycles. The zero-order valence-corrected chi connectivity index (χ0v) is 10.5. The minimum atomic E-state index is 0.745. The van der Waals surface area contributed by atoms with Crippen LogP contribution in [0.4, 0.5) is 0 Å². The lowest BCUT2D eigenvalue weighted by Crippen LogP contribution is -2.75. The summed E-state index contributed by atoms with van der Waals surface area (Å²) in [5.41, 5.74) is 4.10. The summed E-state index contributed by atoms with van der Waals surface area (Å²) in [6.07, 6.45) is 6.62. The van der Waals surface area contributed by atoms with E-state index >= 15 is 0 Å². The van der Waals surface area contributed by atoms with E-state index in [9.17, 15) is 0 Å². The van der Waals surface area contributed by atoms with Gasteiger partial charge in [0.2, 0.25) is 0 Å². The van der Waals surface area contributed by atoms with Crippen molar-refractivity contribution in [3.05, 3.63) is 34.9 Å². The van der Waals surface area contributed by atoms with Gasteiger partial charge in [-0.1, -0.05) is 28.8 Å². The highest BCUT2D eigenvalue weighted by Crippen LogP contribution is 2.07. The Kier molecular flexibility index (Phi) is 4.56. The molecule has 0 unspecified atom stereocenters. The van der Waals surface area contributed by atoms with E-state index in [-0.39, 0.29) is 0 Å². The molecule has 3 nitrogen and oxygen atoms in total. The van der Waals surface area contributed by atoms with Crippen molar-refractivity contribution in [2.75, 3.05) is 6.54 Å². The second-order valence-electron chi connectivity index (χ2n) is 4.14. The lowest BCUT2D eigenvalue weighted by Gasteiger charge is -1.94. The van der Waals surface area contributed by atoms with Gasteiger partial charge in [0.25, 0.3) is 5.84 Å². The predicted octanol–water partition coefficient (Wildman–Crippen LogP) is 1.32. The highest BCUT2D eigenvalue weighted by atomic mass is 35.5. The van der Waals surface area contributed by atoms with Crippen molar-refractivity contribution < 1.29 is 4.99 Å². The van der Waals surface area contributed by atoms with Crippen LogP contribution in [0.15, 0.2) is 29.4 Å². The van der Waals surface area contributed by atoms with E-state index in [4.69, 9.17) is 11.6 Å². The van der Waals surface area contributed by atoms with Crippen LogP contribution in [0.25, 0.3) is 0 Å². The molecule has 90 valence electrons. The molecule has 1 heterocycles. The lowest BCUT2D eigenvalue weighted by atomic mass is 10.2. The fraction of sp³-hybridized carbons (Fsp3) is 0.385. The van der Waals surface area contributed by atoms with Crippen molar-refractivity contribution in [1.29, 1.82) is 0 Å². The first kappa shape index (κ1) is 12.1. The number of nitrogens with one attached hydrogen (secondary N) is 2. The Bertz CT molecular complexity index is 409. The largest absolute Gasteiger partial charge is 0.277 e. The van der Waals surface area contributed by atoms with Crippen LogP contribution in [0, 0.1) is 0 Å². The maximum Gasteiger partial charge on any atom is 0.267 e. The van der Waals surface area contributed by atoms with Crippen LogP contribution < -0.4 is 10.4 Å². The summed E-state index contributed by atoms with van der Waals surface area (Å²) < 4.78 is 0. The third kappa shape index (κ3) is 4.19. The van der Waals surface area contributed by atoms with Gasteiger partial charge in [0, 0.05) is 5.02 Å². The quantitative estimate of drug-likeness (QED) is 0.603. The maximum atomic E-state index is 5.81. The molecule has 0 spiro atoms. The number of nitrogens with zero attached hydrogens (tertiary/aromatic N) is 1. The van der Waals surface area contributed by atoms with E-state index in [1.54, 1.807) is 6.21 Å². The normalized spacial score (nSPS) is 16.6. The van der Waals surface area contributed by atoms with Crippen molar-refractivity contribution in [3.8, 4) is 0 Å². The zero-order chi connectivity index (χ0) is 11.9. The molecule has 0 atom stereocenters. The standard InChI is InChI=1S/C13H16ClN3/c14-12-7-5-11(6-8-12)10-16-17-13-4-2-1-3-9-15-13/h5-8,10H,1-4,9H2,(H,15,17)/p+1/b16-10-. The van der Waals surface area contributed by atoms with E-state index in [2.05, 4.69) is 15.5 Å². The maximum absolute atomic E-state index is 5.81. The van der Waals surface area contributed by atoms with Crippen LogP contribution in [-0.2, 0) is 0 Å². The van der Waals surface area contributed by atoms with Gasteiger partial charge in [0.05, 0.1) is 19.2 Å². The van der Waals surface area contributed by atoms with Gasteiger partial charge < -0.3 is 0 Å².